The van der Waals surface area contributed by atoms with Crippen LogP contribution in [-0.2, 0) is 21.4 Å². The molecular weight excluding hydrogens is 598 g/mol. The highest BCUT2D eigenvalue weighted by Gasteiger charge is 2.29. The van der Waals surface area contributed by atoms with Crippen LogP contribution >= 0.6 is 27.5 Å². The largest absolute Gasteiger partial charge is 0.497 e. The summed E-state index contributed by atoms with van der Waals surface area (Å²) in [7, 11) is -0.748. The van der Waals surface area contributed by atoms with E-state index in [2.05, 4.69) is 26.5 Å². The molecule has 0 bridgehead atoms. The number of sulfonamides is 1. The normalized spacial score (nSPS) is 12.2. The van der Waals surface area contributed by atoms with Gasteiger partial charge < -0.3 is 14.2 Å². The highest BCUT2D eigenvalue weighted by Crippen LogP contribution is 2.37. The molecule has 12 heteroatoms. The van der Waals surface area contributed by atoms with Crippen molar-refractivity contribution in [2.75, 3.05) is 24.8 Å². The van der Waals surface area contributed by atoms with Crippen LogP contribution in [0.25, 0.3) is 0 Å². The Morgan fingerprint density at radius 3 is 2.34 bits per heavy atom. The van der Waals surface area contributed by atoms with Crippen molar-refractivity contribution in [3.63, 3.8) is 0 Å². The summed E-state index contributed by atoms with van der Waals surface area (Å²) in [5, 5.41) is 4.64. The molecule has 0 unspecified atom stereocenters. The lowest BCUT2D eigenvalue weighted by Crippen LogP contribution is -2.46. The Labute approximate surface area is 235 Å². The van der Waals surface area contributed by atoms with Crippen molar-refractivity contribution in [3.8, 4) is 17.2 Å². The summed E-state index contributed by atoms with van der Waals surface area (Å²) in [6.45, 7) is 1.78. The predicted octanol–water partition coefficient (Wildman–Crippen LogP) is 5.00. The summed E-state index contributed by atoms with van der Waals surface area (Å²) in [4.78, 5) is 12.8. The van der Waals surface area contributed by atoms with Gasteiger partial charge in [0.1, 0.15) is 18.4 Å². The first-order valence-corrected chi connectivity index (χ1v) is 14.3. The third-order valence-electron chi connectivity index (χ3n) is 5.35. The van der Waals surface area contributed by atoms with Gasteiger partial charge in [-0.1, -0.05) is 23.7 Å². The number of carbonyl (C=O) groups excluding carboxylic acids is 1. The van der Waals surface area contributed by atoms with Gasteiger partial charge in [0.05, 0.1) is 36.9 Å². The molecule has 0 aliphatic heterocycles. The lowest BCUT2D eigenvalue weighted by Gasteiger charge is -2.27. The molecule has 0 aliphatic carbocycles. The minimum absolute atomic E-state index is 0.304. The van der Waals surface area contributed by atoms with Crippen LogP contribution in [0, 0.1) is 0 Å². The van der Waals surface area contributed by atoms with Crippen molar-refractivity contribution < 1.29 is 27.4 Å². The van der Waals surface area contributed by atoms with Crippen LogP contribution in [0.2, 0.25) is 5.02 Å². The maximum absolute atomic E-state index is 12.8. The zero-order valence-electron chi connectivity index (χ0n) is 21.1. The first kappa shape index (κ1) is 29.3. The Balaban J connectivity index is 1.71. The molecule has 9 nitrogen and oxygen atoms in total. The molecule has 0 aromatic heterocycles. The Morgan fingerprint density at radius 2 is 1.76 bits per heavy atom. The SMILES string of the molecule is COc1ccc(N([C@@H](C)C(=O)N/N=C\c2cc(Br)c(OCc3ccc(Cl)cc3)c(OC)c2)S(C)(=O)=O)cc1. The van der Waals surface area contributed by atoms with Gasteiger partial charge in [-0.25, -0.2) is 13.8 Å². The Morgan fingerprint density at radius 1 is 1.11 bits per heavy atom. The van der Waals surface area contributed by atoms with Gasteiger partial charge in [0.2, 0.25) is 10.0 Å². The van der Waals surface area contributed by atoms with Crippen LogP contribution in [-0.4, -0.2) is 47.1 Å². The number of amides is 1. The third kappa shape index (κ3) is 7.62. The second-order valence-corrected chi connectivity index (χ2v) is 11.3. The van der Waals surface area contributed by atoms with E-state index in [0.717, 1.165) is 16.1 Å². The molecule has 0 spiro atoms. The average Bonchev–Trinajstić information content (AvgIpc) is 2.88. The maximum Gasteiger partial charge on any atom is 0.263 e. The summed E-state index contributed by atoms with van der Waals surface area (Å²) in [6.07, 6.45) is 2.45. The first-order valence-electron chi connectivity index (χ1n) is 11.2. The quantitative estimate of drug-likeness (QED) is 0.238. The molecule has 0 radical (unpaired) electrons. The van der Waals surface area contributed by atoms with E-state index in [0.29, 0.717) is 44.6 Å². The molecule has 202 valence electrons. The number of nitrogens with zero attached hydrogens (tertiary/aromatic N) is 2. The van der Waals surface area contributed by atoms with E-state index in [-0.39, 0.29) is 0 Å². The number of ether oxygens (including phenoxy) is 3. The summed E-state index contributed by atoms with van der Waals surface area (Å²) in [6, 6.07) is 16.0. The van der Waals surface area contributed by atoms with E-state index in [1.54, 1.807) is 48.5 Å². The number of rotatable bonds is 11. The van der Waals surface area contributed by atoms with E-state index in [9.17, 15) is 13.2 Å². The molecule has 3 rings (SSSR count). The van der Waals surface area contributed by atoms with Crippen molar-refractivity contribution in [2.24, 2.45) is 5.10 Å². The molecular formula is C26H27BrClN3O6S. The molecule has 0 fully saturated rings. The van der Waals surface area contributed by atoms with Crippen molar-refractivity contribution in [1.29, 1.82) is 0 Å². The molecule has 0 saturated heterocycles. The minimum atomic E-state index is -3.77. The molecule has 1 atom stereocenters. The smallest absolute Gasteiger partial charge is 0.263 e. The number of methoxy groups -OCH3 is 2. The lowest BCUT2D eigenvalue weighted by atomic mass is 10.2. The molecule has 3 aromatic rings. The van der Waals surface area contributed by atoms with Crippen molar-refractivity contribution in [3.05, 3.63) is 81.3 Å². The molecule has 3 aromatic carbocycles. The zero-order valence-corrected chi connectivity index (χ0v) is 24.3. The minimum Gasteiger partial charge on any atom is -0.497 e. The molecule has 0 saturated carbocycles. The number of nitrogens with one attached hydrogen (secondary N) is 1. The summed E-state index contributed by atoms with van der Waals surface area (Å²) < 4.78 is 43.1. The van der Waals surface area contributed by atoms with Crippen LogP contribution in [0.5, 0.6) is 17.2 Å². The number of carbonyl (C=O) groups is 1. The monoisotopic (exact) mass is 623 g/mol. The van der Waals surface area contributed by atoms with Gasteiger partial charge in [-0.05, 0) is 82.5 Å². The number of hydrogen-bond acceptors (Lipinski definition) is 7. The highest BCUT2D eigenvalue weighted by atomic mass is 79.9. The fourth-order valence-electron chi connectivity index (χ4n) is 3.49. The average molecular weight is 625 g/mol. The Bertz CT molecular complexity index is 1400. The van der Waals surface area contributed by atoms with Crippen molar-refractivity contribution in [2.45, 2.75) is 19.6 Å². The van der Waals surface area contributed by atoms with Gasteiger partial charge in [0.15, 0.2) is 11.5 Å². The predicted molar refractivity (Wildman–Crippen MR) is 152 cm³/mol. The molecule has 38 heavy (non-hydrogen) atoms. The van der Waals surface area contributed by atoms with Crippen LogP contribution in [0.3, 0.4) is 0 Å². The number of benzene rings is 3. The summed E-state index contributed by atoms with van der Waals surface area (Å²) in [5.74, 6) is 0.904. The third-order valence-corrected chi connectivity index (χ3v) is 7.43. The van der Waals surface area contributed by atoms with Crippen LogP contribution < -0.4 is 23.9 Å². The molecule has 1 N–H and O–H groups in total. The summed E-state index contributed by atoms with van der Waals surface area (Å²) >= 11 is 9.42. The standard InChI is InChI=1S/C26H27BrClN3O6S/c1-17(31(38(4,33)34)21-9-11-22(35-2)12-10-21)26(32)30-29-15-19-13-23(27)25(24(14-19)36-3)37-16-18-5-7-20(28)8-6-18/h5-15,17H,16H2,1-4H3,(H,30,32)/b29-15-/t17-/m0/s1. The number of hydrogen-bond donors (Lipinski definition) is 1. The van der Waals surface area contributed by atoms with Gasteiger partial charge in [0, 0.05) is 5.02 Å². The van der Waals surface area contributed by atoms with Crippen LogP contribution in [0.1, 0.15) is 18.1 Å². The van der Waals surface area contributed by atoms with Crippen LogP contribution in [0.15, 0.2) is 70.2 Å². The molecule has 0 heterocycles. The number of anilines is 1. The van der Waals surface area contributed by atoms with Gasteiger partial charge >= 0.3 is 0 Å². The van der Waals surface area contributed by atoms with Crippen LogP contribution in [0.4, 0.5) is 5.69 Å². The van der Waals surface area contributed by atoms with Gasteiger partial charge in [-0.3, -0.25) is 9.10 Å². The lowest BCUT2D eigenvalue weighted by molar-refractivity contribution is -0.121. The van der Waals surface area contributed by atoms with Gasteiger partial charge in [-0.15, -0.1) is 0 Å². The summed E-state index contributed by atoms with van der Waals surface area (Å²) in [5.41, 5.74) is 4.26. The van der Waals surface area contributed by atoms with E-state index < -0.39 is 22.0 Å². The fourth-order valence-corrected chi connectivity index (χ4v) is 5.37. The second-order valence-electron chi connectivity index (χ2n) is 8.12. The van der Waals surface area contributed by atoms with E-state index in [4.69, 9.17) is 25.8 Å². The topological polar surface area (TPSA) is 107 Å². The van der Waals surface area contributed by atoms with Gasteiger partial charge in [-0.2, -0.15) is 5.10 Å². The molecule has 0 aliphatic rings. The Kier molecular flexibility index (Phi) is 10.0. The van der Waals surface area contributed by atoms with E-state index >= 15 is 0 Å². The van der Waals surface area contributed by atoms with Crippen molar-refractivity contribution >= 4 is 55.4 Å². The fraction of sp³-hybridized carbons (Fsp3) is 0.231. The number of halogens is 2. The number of hydrazone groups is 1. The van der Waals surface area contributed by atoms with Gasteiger partial charge in [0.25, 0.3) is 5.91 Å². The second kappa shape index (κ2) is 13.0. The first-order chi connectivity index (χ1) is 18.0. The zero-order chi connectivity index (χ0) is 27.9. The molecule has 1 amide bonds. The van der Waals surface area contributed by atoms with Crippen molar-refractivity contribution in [1.82, 2.24) is 5.43 Å². The van der Waals surface area contributed by atoms with E-state index in [1.807, 2.05) is 12.1 Å². The Hall–Kier alpha value is -3.28. The highest BCUT2D eigenvalue weighted by molar-refractivity contribution is 9.10. The maximum atomic E-state index is 12.8. The van der Waals surface area contributed by atoms with E-state index in [1.165, 1.54) is 27.4 Å².